The number of hydrogen-bond acceptors (Lipinski definition) is 5. The maximum atomic E-state index is 13.3. The standard InChI is InChI=1S/C24H29N3O5S/c1-32-22-9-3-2-6-18(22)15-25-24(29)19-8-5-13-27(16-19)33(30,31)20-11-12-21-17(14-20)7-4-10-23(28)26-21/h2-3,6,9,11-12,14,19H,4-5,7-8,10,13,15-16H2,1H3,(H,25,29)(H,26,28)/t19-/m0/s1. The Morgan fingerprint density at radius 2 is 2.00 bits per heavy atom. The molecule has 2 N–H and O–H groups in total. The number of carbonyl (C=O) groups is 2. The van der Waals surface area contributed by atoms with Gasteiger partial charge in [-0.15, -0.1) is 0 Å². The Morgan fingerprint density at radius 3 is 2.82 bits per heavy atom. The molecule has 8 nitrogen and oxygen atoms in total. The summed E-state index contributed by atoms with van der Waals surface area (Å²) in [4.78, 5) is 24.8. The van der Waals surface area contributed by atoms with Crippen molar-refractivity contribution < 1.29 is 22.7 Å². The lowest BCUT2D eigenvalue weighted by atomic mass is 9.98. The number of fused-ring (bicyclic) bond motifs is 1. The molecule has 4 rings (SSSR count). The Hall–Kier alpha value is -2.91. The predicted octanol–water partition coefficient (Wildman–Crippen LogP) is 2.69. The maximum Gasteiger partial charge on any atom is 0.243 e. The SMILES string of the molecule is COc1ccccc1CNC(=O)[C@H]1CCCN(S(=O)(=O)c2ccc3c(c2)CCCC(=O)N3)C1. The van der Waals surface area contributed by atoms with Crippen LogP contribution in [0.1, 0.15) is 36.8 Å². The van der Waals surface area contributed by atoms with Crippen LogP contribution in [0.5, 0.6) is 5.75 Å². The second-order valence-electron chi connectivity index (χ2n) is 8.45. The molecule has 2 aromatic carbocycles. The molecule has 33 heavy (non-hydrogen) atoms. The fourth-order valence-electron chi connectivity index (χ4n) is 4.41. The first-order valence-electron chi connectivity index (χ1n) is 11.2. The Bertz CT molecular complexity index is 1150. The fourth-order valence-corrected chi connectivity index (χ4v) is 5.99. The number of ether oxygens (including phenoxy) is 1. The molecule has 2 aromatic rings. The molecule has 0 spiro atoms. The Labute approximate surface area is 194 Å². The van der Waals surface area contributed by atoms with Gasteiger partial charge in [0, 0.05) is 37.3 Å². The van der Waals surface area contributed by atoms with Crippen LogP contribution in [0.25, 0.3) is 0 Å². The van der Waals surface area contributed by atoms with Crippen molar-refractivity contribution >= 4 is 27.5 Å². The van der Waals surface area contributed by atoms with E-state index in [4.69, 9.17) is 4.74 Å². The number of sulfonamides is 1. The summed E-state index contributed by atoms with van der Waals surface area (Å²) in [6.07, 6.45) is 3.01. The molecule has 0 bridgehead atoms. The number of para-hydroxylation sites is 1. The van der Waals surface area contributed by atoms with Crippen LogP contribution >= 0.6 is 0 Å². The molecule has 1 atom stereocenters. The summed E-state index contributed by atoms with van der Waals surface area (Å²) in [5, 5.41) is 5.76. The number of anilines is 1. The van der Waals surface area contributed by atoms with E-state index in [-0.39, 0.29) is 23.3 Å². The van der Waals surface area contributed by atoms with Crippen LogP contribution in [0.2, 0.25) is 0 Å². The minimum atomic E-state index is -3.74. The molecular formula is C24H29N3O5S. The van der Waals surface area contributed by atoms with Gasteiger partial charge in [0.1, 0.15) is 5.75 Å². The Balaban J connectivity index is 1.44. The summed E-state index contributed by atoms with van der Waals surface area (Å²) < 4.78 is 33.4. The summed E-state index contributed by atoms with van der Waals surface area (Å²) in [5.74, 6) is 0.0706. The van der Waals surface area contributed by atoms with Gasteiger partial charge in [-0.1, -0.05) is 18.2 Å². The van der Waals surface area contributed by atoms with Gasteiger partial charge in [-0.25, -0.2) is 8.42 Å². The average molecular weight is 472 g/mol. The van der Waals surface area contributed by atoms with Gasteiger partial charge >= 0.3 is 0 Å². The third kappa shape index (κ3) is 5.20. The lowest BCUT2D eigenvalue weighted by Crippen LogP contribution is -2.45. The molecule has 0 saturated carbocycles. The second-order valence-corrected chi connectivity index (χ2v) is 10.4. The first-order chi connectivity index (χ1) is 15.9. The van der Waals surface area contributed by atoms with Crippen LogP contribution in [-0.2, 0) is 32.6 Å². The van der Waals surface area contributed by atoms with Crippen LogP contribution in [0.15, 0.2) is 47.4 Å². The number of piperidine rings is 1. The Kier molecular flexibility index (Phi) is 6.99. The highest BCUT2D eigenvalue weighted by Gasteiger charge is 2.33. The van der Waals surface area contributed by atoms with Crippen LogP contribution in [0, 0.1) is 5.92 Å². The van der Waals surface area contributed by atoms with Crippen molar-refractivity contribution in [1.82, 2.24) is 9.62 Å². The number of aryl methyl sites for hydroxylation is 1. The zero-order chi connectivity index (χ0) is 23.4. The van der Waals surface area contributed by atoms with Gasteiger partial charge in [0.15, 0.2) is 0 Å². The number of nitrogens with zero attached hydrogens (tertiary/aromatic N) is 1. The lowest BCUT2D eigenvalue weighted by molar-refractivity contribution is -0.126. The quantitative estimate of drug-likeness (QED) is 0.674. The van der Waals surface area contributed by atoms with Gasteiger partial charge in [-0.05, 0) is 55.5 Å². The highest BCUT2D eigenvalue weighted by Crippen LogP contribution is 2.29. The van der Waals surface area contributed by atoms with Crippen molar-refractivity contribution in [3.63, 3.8) is 0 Å². The summed E-state index contributed by atoms with van der Waals surface area (Å²) >= 11 is 0. The van der Waals surface area contributed by atoms with E-state index in [1.54, 1.807) is 19.2 Å². The van der Waals surface area contributed by atoms with Crippen LogP contribution in [0.3, 0.4) is 0 Å². The molecule has 176 valence electrons. The summed E-state index contributed by atoms with van der Waals surface area (Å²) in [6, 6.07) is 12.3. The van der Waals surface area contributed by atoms with Crippen LogP contribution in [0.4, 0.5) is 5.69 Å². The molecule has 2 amide bonds. The van der Waals surface area contributed by atoms with E-state index in [2.05, 4.69) is 10.6 Å². The third-order valence-electron chi connectivity index (χ3n) is 6.24. The van der Waals surface area contributed by atoms with Crippen molar-refractivity contribution in [2.75, 3.05) is 25.5 Å². The highest BCUT2D eigenvalue weighted by molar-refractivity contribution is 7.89. The number of carbonyl (C=O) groups excluding carboxylic acids is 2. The zero-order valence-corrected chi connectivity index (χ0v) is 19.5. The zero-order valence-electron chi connectivity index (χ0n) is 18.7. The first-order valence-corrected chi connectivity index (χ1v) is 12.6. The first kappa shape index (κ1) is 23.3. The number of hydrogen-bond donors (Lipinski definition) is 2. The van der Waals surface area contributed by atoms with Gasteiger partial charge in [-0.3, -0.25) is 9.59 Å². The molecule has 1 fully saturated rings. The van der Waals surface area contributed by atoms with Crippen molar-refractivity contribution in [1.29, 1.82) is 0 Å². The van der Waals surface area contributed by atoms with E-state index in [0.717, 1.165) is 11.1 Å². The molecule has 0 aliphatic carbocycles. The van der Waals surface area contributed by atoms with Crippen LogP contribution in [-0.4, -0.2) is 44.7 Å². The van der Waals surface area contributed by atoms with Crippen molar-refractivity contribution in [3.8, 4) is 5.75 Å². The van der Waals surface area contributed by atoms with Gasteiger partial charge < -0.3 is 15.4 Å². The van der Waals surface area contributed by atoms with Gasteiger partial charge in [-0.2, -0.15) is 4.31 Å². The number of nitrogens with one attached hydrogen (secondary N) is 2. The van der Waals surface area contributed by atoms with E-state index in [1.807, 2.05) is 24.3 Å². The number of benzene rings is 2. The van der Waals surface area contributed by atoms with Gasteiger partial charge in [0.2, 0.25) is 21.8 Å². The predicted molar refractivity (Wildman–Crippen MR) is 124 cm³/mol. The average Bonchev–Trinajstić information content (AvgIpc) is 3.02. The maximum absolute atomic E-state index is 13.3. The molecule has 1 saturated heterocycles. The largest absolute Gasteiger partial charge is 0.496 e. The minimum absolute atomic E-state index is 0.0534. The normalized spacial score (nSPS) is 19.2. The van der Waals surface area contributed by atoms with E-state index < -0.39 is 15.9 Å². The molecular weight excluding hydrogens is 442 g/mol. The number of amides is 2. The van der Waals surface area contributed by atoms with E-state index in [1.165, 1.54) is 10.4 Å². The van der Waals surface area contributed by atoms with E-state index in [0.29, 0.717) is 56.6 Å². The molecule has 0 radical (unpaired) electrons. The molecule has 9 heteroatoms. The Morgan fingerprint density at radius 1 is 1.18 bits per heavy atom. The molecule has 2 aliphatic heterocycles. The van der Waals surface area contributed by atoms with Gasteiger partial charge in [0.05, 0.1) is 17.9 Å². The molecule has 2 aliphatic rings. The minimum Gasteiger partial charge on any atom is -0.496 e. The topological polar surface area (TPSA) is 105 Å². The number of rotatable bonds is 6. The van der Waals surface area contributed by atoms with E-state index in [9.17, 15) is 18.0 Å². The highest BCUT2D eigenvalue weighted by atomic mass is 32.2. The van der Waals surface area contributed by atoms with Gasteiger partial charge in [0.25, 0.3) is 0 Å². The van der Waals surface area contributed by atoms with Crippen molar-refractivity contribution in [2.24, 2.45) is 5.92 Å². The van der Waals surface area contributed by atoms with E-state index >= 15 is 0 Å². The van der Waals surface area contributed by atoms with Crippen molar-refractivity contribution in [3.05, 3.63) is 53.6 Å². The monoisotopic (exact) mass is 471 g/mol. The third-order valence-corrected chi connectivity index (χ3v) is 8.10. The summed E-state index contributed by atoms with van der Waals surface area (Å²) in [5.41, 5.74) is 2.36. The van der Waals surface area contributed by atoms with Crippen LogP contribution < -0.4 is 15.4 Å². The van der Waals surface area contributed by atoms with Crippen molar-refractivity contribution in [2.45, 2.75) is 43.5 Å². The number of methoxy groups -OCH3 is 1. The molecule has 2 heterocycles. The molecule has 0 unspecified atom stereocenters. The molecule has 0 aromatic heterocycles. The fraction of sp³-hybridized carbons (Fsp3) is 0.417. The summed E-state index contributed by atoms with van der Waals surface area (Å²) in [7, 11) is -2.16. The smallest absolute Gasteiger partial charge is 0.243 e. The lowest BCUT2D eigenvalue weighted by Gasteiger charge is -2.31. The summed E-state index contributed by atoms with van der Waals surface area (Å²) in [6.45, 7) is 0.850. The second kappa shape index (κ2) is 9.93.